The highest BCUT2D eigenvalue weighted by atomic mass is 15.1. The van der Waals surface area contributed by atoms with Gasteiger partial charge in [0.25, 0.3) is 0 Å². The molecule has 0 aliphatic rings. The number of nitrogen functional groups attached to an aromatic ring is 1. The van der Waals surface area contributed by atoms with Gasteiger partial charge in [0.1, 0.15) is 17.3 Å². The Kier molecular flexibility index (Phi) is 4.36. The molecule has 4 heteroatoms. The van der Waals surface area contributed by atoms with Crippen molar-refractivity contribution in [3.8, 4) is 11.3 Å². The predicted molar refractivity (Wildman–Crippen MR) is 90.7 cm³/mol. The van der Waals surface area contributed by atoms with Gasteiger partial charge in [-0.25, -0.2) is 4.98 Å². The van der Waals surface area contributed by atoms with Crippen LogP contribution in [0.15, 0.2) is 36.9 Å². The second-order valence-electron chi connectivity index (χ2n) is 5.70. The third kappa shape index (κ3) is 2.94. The smallest absolute Gasteiger partial charge is 0.132 e. The number of benzene rings is 1. The van der Waals surface area contributed by atoms with Gasteiger partial charge in [-0.1, -0.05) is 32.1 Å². The molecule has 0 spiro atoms. The Morgan fingerprint density at radius 1 is 1.29 bits per heavy atom. The molecule has 2 rings (SSSR count). The molecule has 2 N–H and O–H groups in total. The maximum Gasteiger partial charge on any atom is 0.132 e. The van der Waals surface area contributed by atoms with Crippen LogP contribution in [0, 0.1) is 0 Å². The summed E-state index contributed by atoms with van der Waals surface area (Å²) in [6, 6.07) is 8.29. The predicted octanol–water partition coefficient (Wildman–Crippen LogP) is 3.51. The first-order chi connectivity index (χ1) is 9.95. The lowest BCUT2D eigenvalue weighted by atomic mass is 10.1. The number of imidazole rings is 1. The molecule has 4 nitrogen and oxygen atoms in total. The topological polar surface area (TPSA) is 47.1 Å². The van der Waals surface area contributed by atoms with E-state index >= 15 is 0 Å². The third-order valence-corrected chi connectivity index (χ3v) is 3.52. The molecule has 1 aromatic heterocycles. The average molecular weight is 284 g/mol. The minimum absolute atomic E-state index is 0.321. The fourth-order valence-electron chi connectivity index (χ4n) is 2.38. The van der Waals surface area contributed by atoms with E-state index in [1.165, 1.54) is 0 Å². The first kappa shape index (κ1) is 15.2. The Labute approximate surface area is 126 Å². The fourth-order valence-corrected chi connectivity index (χ4v) is 2.38. The molecule has 0 bridgehead atoms. The number of hydrogen-bond donors (Lipinski definition) is 1. The van der Waals surface area contributed by atoms with E-state index < -0.39 is 0 Å². The zero-order valence-corrected chi connectivity index (χ0v) is 13.3. The molecule has 1 aromatic carbocycles. The Balaban J connectivity index is 2.48. The van der Waals surface area contributed by atoms with Crippen LogP contribution in [-0.2, 0) is 6.54 Å². The Morgan fingerprint density at radius 3 is 2.38 bits per heavy atom. The molecule has 0 amide bonds. The van der Waals surface area contributed by atoms with Crippen LogP contribution in [0.1, 0.15) is 25.6 Å². The molecule has 0 unspecified atom stereocenters. The average Bonchev–Trinajstić information content (AvgIpc) is 2.77. The standard InChI is InChI=1S/C17H24N4/c1-6-11-21-16(18)15(19-17(21)12(2)3)13-7-9-14(10-8-13)20(4)5/h6-10,12H,1,11,18H2,2-5H3. The van der Waals surface area contributed by atoms with Crippen LogP contribution in [0.4, 0.5) is 11.5 Å². The van der Waals surface area contributed by atoms with Crippen molar-refractivity contribution in [2.24, 2.45) is 0 Å². The van der Waals surface area contributed by atoms with Crippen LogP contribution in [0.3, 0.4) is 0 Å². The van der Waals surface area contributed by atoms with Crippen molar-refractivity contribution in [2.45, 2.75) is 26.3 Å². The number of rotatable bonds is 5. The lowest BCUT2D eigenvalue weighted by molar-refractivity contribution is 0.684. The van der Waals surface area contributed by atoms with Crippen molar-refractivity contribution >= 4 is 11.5 Å². The molecule has 0 fully saturated rings. The summed E-state index contributed by atoms with van der Waals surface area (Å²) in [5.74, 6) is 2.03. The van der Waals surface area contributed by atoms with Gasteiger partial charge < -0.3 is 15.2 Å². The lowest BCUT2D eigenvalue weighted by Crippen LogP contribution is -2.08. The molecule has 2 aromatic rings. The molecule has 112 valence electrons. The Hall–Kier alpha value is -2.23. The number of nitrogens with two attached hydrogens (primary N) is 1. The second-order valence-corrected chi connectivity index (χ2v) is 5.70. The van der Waals surface area contributed by atoms with E-state index in [0.29, 0.717) is 18.3 Å². The molecule has 0 saturated carbocycles. The molecule has 0 aliphatic carbocycles. The molecule has 1 heterocycles. The molecule has 0 radical (unpaired) electrons. The van der Waals surface area contributed by atoms with Gasteiger partial charge in [-0.15, -0.1) is 6.58 Å². The van der Waals surface area contributed by atoms with Crippen molar-refractivity contribution in [1.82, 2.24) is 9.55 Å². The van der Waals surface area contributed by atoms with Gasteiger partial charge in [-0.05, 0) is 12.1 Å². The van der Waals surface area contributed by atoms with E-state index in [4.69, 9.17) is 10.7 Å². The summed E-state index contributed by atoms with van der Waals surface area (Å²) in [5.41, 5.74) is 9.36. The minimum atomic E-state index is 0.321. The SMILES string of the molecule is C=CCn1c(C(C)C)nc(-c2ccc(N(C)C)cc2)c1N. The van der Waals surface area contributed by atoms with Gasteiger partial charge in [-0.3, -0.25) is 0 Å². The van der Waals surface area contributed by atoms with Crippen molar-refractivity contribution in [3.05, 3.63) is 42.7 Å². The quantitative estimate of drug-likeness (QED) is 0.855. The molecule has 0 saturated heterocycles. The maximum atomic E-state index is 6.30. The highest BCUT2D eigenvalue weighted by molar-refractivity contribution is 5.72. The number of hydrogen-bond acceptors (Lipinski definition) is 3. The summed E-state index contributed by atoms with van der Waals surface area (Å²) in [6.45, 7) is 8.73. The summed E-state index contributed by atoms with van der Waals surface area (Å²) in [4.78, 5) is 6.82. The molecule has 21 heavy (non-hydrogen) atoms. The van der Waals surface area contributed by atoms with E-state index in [1.807, 2.05) is 24.7 Å². The minimum Gasteiger partial charge on any atom is -0.383 e. The van der Waals surface area contributed by atoms with Gasteiger partial charge in [0.2, 0.25) is 0 Å². The molecular formula is C17H24N4. The third-order valence-electron chi connectivity index (χ3n) is 3.52. The van der Waals surface area contributed by atoms with Gasteiger partial charge >= 0.3 is 0 Å². The van der Waals surface area contributed by atoms with Crippen LogP contribution in [-0.4, -0.2) is 23.6 Å². The van der Waals surface area contributed by atoms with E-state index in [-0.39, 0.29) is 0 Å². The van der Waals surface area contributed by atoms with Gasteiger partial charge in [-0.2, -0.15) is 0 Å². The molecule has 0 aliphatic heterocycles. The van der Waals surface area contributed by atoms with Crippen LogP contribution in [0.2, 0.25) is 0 Å². The van der Waals surface area contributed by atoms with Crippen LogP contribution >= 0.6 is 0 Å². The zero-order valence-electron chi connectivity index (χ0n) is 13.3. The van der Waals surface area contributed by atoms with Crippen LogP contribution in [0.25, 0.3) is 11.3 Å². The van der Waals surface area contributed by atoms with Gasteiger partial charge in [0.15, 0.2) is 0 Å². The Morgan fingerprint density at radius 2 is 1.90 bits per heavy atom. The normalized spacial score (nSPS) is 10.9. The van der Waals surface area contributed by atoms with Gasteiger partial charge in [0.05, 0.1) is 0 Å². The summed E-state index contributed by atoms with van der Waals surface area (Å²) in [5, 5.41) is 0. The van der Waals surface area contributed by atoms with Crippen LogP contribution < -0.4 is 10.6 Å². The molecular weight excluding hydrogens is 260 g/mol. The summed E-state index contributed by atoms with van der Waals surface area (Å²) >= 11 is 0. The van der Waals surface area contributed by atoms with Crippen molar-refractivity contribution < 1.29 is 0 Å². The first-order valence-corrected chi connectivity index (χ1v) is 7.20. The van der Waals surface area contributed by atoms with Crippen molar-refractivity contribution in [3.63, 3.8) is 0 Å². The first-order valence-electron chi connectivity index (χ1n) is 7.20. The molecule has 0 atom stereocenters. The Bertz CT molecular complexity index is 621. The van der Waals surface area contributed by atoms with E-state index in [0.717, 1.165) is 22.8 Å². The highest BCUT2D eigenvalue weighted by Crippen LogP contribution is 2.30. The lowest BCUT2D eigenvalue weighted by Gasteiger charge is -2.12. The highest BCUT2D eigenvalue weighted by Gasteiger charge is 2.17. The summed E-state index contributed by atoms with van der Waals surface area (Å²) < 4.78 is 2.03. The largest absolute Gasteiger partial charge is 0.383 e. The van der Waals surface area contributed by atoms with E-state index in [2.05, 4.69) is 49.6 Å². The van der Waals surface area contributed by atoms with Crippen molar-refractivity contribution in [2.75, 3.05) is 24.7 Å². The van der Waals surface area contributed by atoms with E-state index in [1.54, 1.807) is 0 Å². The number of aromatic nitrogens is 2. The fraction of sp³-hybridized carbons (Fsp3) is 0.353. The maximum absolute atomic E-state index is 6.30. The van der Waals surface area contributed by atoms with E-state index in [9.17, 15) is 0 Å². The monoisotopic (exact) mass is 284 g/mol. The number of anilines is 2. The van der Waals surface area contributed by atoms with Crippen molar-refractivity contribution in [1.29, 1.82) is 0 Å². The van der Waals surface area contributed by atoms with Gasteiger partial charge in [0, 0.05) is 37.8 Å². The zero-order chi connectivity index (χ0) is 15.6. The summed E-state index contributed by atoms with van der Waals surface area (Å²) in [7, 11) is 4.05. The number of nitrogens with zero attached hydrogens (tertiary/aromatic N) is 3. The second kappa shape index (κ2) is 6.04. The number of allylic oxidation sites excluding steroid dienone is 1. The summed E-state index contributed by atoms with van der Waals surface area (Å²) in [6.07, 6.45) is 1.85. The van der Waals surface area contributed by atoms with Crippen LogP contribution in [0.5, 0.6) is 0 Å².